The van der Waals surface area contributed by atoms with Crippen molar-refractivity contribution in [3.8, 4) is 11.5 Å². The predicted molar refractivity (Wildman–Crippen MR) is 114 cm³/mol. The van der Waals surface area contributed by atoms with Gasteiger partial charge in [-0.2, -0.15) is 8.42 Å². The molecular weight excluding hydrogens is 482 g/mol. The van der Waals surface area contributed by atoms with E-state index in [1.54, 1.807) is 0 Å². The van der Waals surface area contributed by atoms with Crippen molar-refractivity contribution in [2.45, 2.75) is 4.75 Å². The number of hydrogen-bond donors (Lipinski definition) is 3. The SMILES string of the molecule is O=S(=O)(O)C(c1cccc(Cl)c1)(c1ccccc1O)c1cc(Cl)c(Cl)c(O)c1Cl. The Morgan fingerprint density at radius 1 is 0.793 bits per heavy atom. The van der Waals surface area contributed by atoms with Crippen molar-refractivity contribution in [3.05, 3.63) is 91.4 Å². The maximum atomic E-state index is 13.0. The Morgan fingerprint density at radius 2 is 1.45 bits per heavy atom. The van der Waals surface area contributed by atoms with Crippen LogP contribution in [0.15, 0.2) is 54.6 Å². The molecule has 1 unspecified atom stereocenters. The van der Waals surface area contributed by atoms with Crippen molar-refractivity contribution >= 4 is 56.5 Å². The number of rotatable bonds is 4. The van der Waals surface area contributed by atoms with Gasteiger partial charge in [0.2, 0.25) is 0 Å². The van der Waals surface area contributed by atoms with Crippen molar-refractivity contribution < 1.29 is 23.2 Å². The molecule has 0 saturated heterocycles. The van der Waals surface area contributed by atoms with Crippen LogP contribution in [-0.4, -0.2) is 23.2 Å². The van der Waals surface area contributed by atoms with E-state index in [0.29, 0.717) is 0 Å². The van der Waals surface area contributed by atoms with Gasteiger partial charge in [0, 0.05) is 16.1 Å². The van der Waals surface area contributed by atoms with Crippen molar-refractivity contribution in [1.29, 1.82) is 0 Å². The quantitative estimate of drug-likeness (QED) is 0.239. The molecule has 0 spiro atoms. The molecule has 10 heteroatoms. The highest BCUT2D eigenvalue weighted by Crippen LogP contribution is 2.53. The van der Waals surface area contributed by atoms with Crippen LogP contribution >= 0.6 is 46.4 Å². The zero-order chi connectivity index (χ0) is 21.6. The molecule has 3 N–H and O–H groups in total. The molecule has 0 fully saturated rings. The molecule has 0 heterocycles. The first-order valence-electron chi connectivity index (χ1n) is 7.90. The van der Waals surface area contributed by atoms with E-state index in [1.807, 2.05) is 0 Å². The second-order valence-electron chi connectivity index (χ2n) is 6.07. The van der Waals surface area contributed by atoms with Gasteiger partial charge in [0.25, 0.3) is 10.1 Å². The number of hydrogen-bond acceptors (Lipinski definition) is 4. The maximum Gasteiger partial charge on any atom is 0.283 e. The van der Waals surface area contributed by atoms with Gasteiger partial charge in [-0.25, -0.2) is 0 Å². The van der Waals surface area contributed by atoms with Crippen LogP contribution < -0.4 is 0 Å². The third kappa shape index (κ3) is 3.54. The average Bonchev–Trinajstić information content (AvgIpc) is 2.65. The summed E-state index contributed by atoms with van der Waals surface area (Å²) < 4.78 is 33.9. The number of phenols is 2. The Hall–Kier alpha value is -1.67. The van der Waals surface area contributed by atoms with Gasteiger partial charge in [-0.15, -0.1) is 0 Å². The Labute approximate surface area is 186 Å². The monoisotopic (exact) mass is 492 g/mol. The number of benzene rings is 3. The highest BCUT2D eigenvalue weighted by atomic mass is 35.5. The third-order valence-electron chi connectivity index (χ3n) is 4.41. The fourth-order valence-corrected chi connectivity index (χ4v) is 5.46. The number of halogens is 4. The third-order valence-corrected chi connectivity index (χ3v) is 7.26. The molecule has 0 radical (unpaired) electrons. The topological polar surface area (TPSA) is 94.8 Å². The summed E-state index contributed by atoms with van der Waals surface area (Å²) in [6.07, 6.45) is 0. The normalized spacial score (nSPS) is 13.8. The van der Waals surface area contributed by atoms with Crippen LogP contribution in [0.3, 0.4) is 0 Å². The molecule has 0 saturated carbocycles. The van der Waals surface area contributed by atoms with Gasteiger partial charge in [0.05, 0.1) is 10.0 Å². The summed E-state index contributed by atoms with van der Waals surface area (Å²) in [5, 5.41) is 20.0. The lowest BCUT2D eigenvalue weighted by Crippen LogP contribution is -2.38. The minimum atomic E-state index is -5.11. The second-order valence-corrected chi connectivity index (χ2v) is 9.23. The Bertz CT molecular complexity index is 1210. The van der Waals surface area contributed by atoms with Crippen molar-refractivity contribution in [2.75, 3.05) is 0 Å². The molecule has 5 nitrogen and oxygen atoms in total. The fraction of sp³-hybridized carbons (Fsp3) is 0.0526. The van der Waals surface area contributed by atoms with E-state index in [1.165, 1.54) is 48.5 Å². The van der Waals surface area contributed by atoms with E-state index in [2.05, 4.69) is 0 Å². The standard InChI is InChI=1S/C19H12Cl4O5S/c20-11-5-3-4-10(8-11)19(29(26,27)28,12-6-1-2-7-15(12)24)13-9-14(21)17(23)18(25)16(13)22/h1-9,24-25H,(H,26,27,28). The lowest BCUT2D eigenvalue weighted by atomic mass is 9.83. The van der Waals surface area contributed by atoms with E-state index < -0.39 is 31.4 Å². The summed E-state index contributed by atoms with van der Waals surface area (Å²) in [5.74, 6) is -1.13. The van der Waals surface area contributed by atoms with E-state index in [9.17, 15) is 23.2 Å². The van der Waals surface area contributed by atoms with Gasteiger partial charge < -0.3 is 10.2 Å². The molecule has 3 aromatic rings. The summed E-state index contributed by atoms with van der Waals surface area (Å²) in [6, 6.07) is 12.2. The van der Waals surface area contributed by atoms with Crippen LogP contribution in [0.1, 0.15) is 16.7 Å². The molecule has 0 bridgehead atoms. The molecule has 3 rings (SSSR count). The summed E-state index contributed by atoms with van der Waals surface area (Å²) in [7, 11) is -5.11. The van der Waals surface area contributed by atoms with Crippen molar-refractivity contribution in [2.24, 2.45) is 0 Å². The lowest BCUT2D eigenvalue weighted by Gasteiger charge is -2.34. The van der Waals surface area contributed by atoms with Crippen LogP contribution in [0.25, 0.3) is 0 Å². The Balaban J connectivity index is 2.64. The zero-order valence-electron chi connectivity index (χ0n) is 14.3. The number of phenolic OH excluding ortho intramolecular Hbond substituents is 2. The summed E-state index contributed by atoms with van der Waals surface area (Å²) in [4.78, 5) is 0. The minimum Gasteiger partial charge on any atom is -0.508 e. The molecule has 0 aromatic heterocycles. The number of para-hydroxylation sites is 1. The van der Waals surface area contributed by atoms with Crippen LogP contribution in [0.5, 0.6) is 11.5 Å². The van der Waals surface area contributed by atoms with Gasteiger partial charge >= 0.3 is 0 Å². The summed E-state index contributed by atoms with van der Waals surface area (Å²) in [6.45, 7) is 0. The molecule has 0 aliphatic heterocycles. The molecular formula is C19H12Cl4O5S. The smallest absolute Gasteiger partial charge is 0.283 e. The summed E-state index contributed by atoms with van der Waals surface area (Å²) >= 11 is 24.3. The van der Waals surface area contributed by atoms with Crippen LogP contribution in [0, 0.1) is 0 Å². The molecule has 0 aliphatic carbocycles. The Kier molecular flexibility index (Phi) is 5.98. The van der Waals surface area contributed by atoms with Gasteiger partial charge in [-0.3, -0.25) is 4.55 Å². The van der Waals surface area contributed by atoms with Gasteiger partial charge in [0.1, 0.15) is 10.8 Å². The maximum absolute atomic E-state index is 13.0. The van der Waals surface area contributed by atoms with E-state index in [0.717, 1.165) is 6.07 Å². The van der Waals surface area contributed by atoms with E-state index in [4.69, 9.17) is 46.4 Å². The van der Waals surface area contributed by atoms with Crippen molar-refractivity contribution in [3.63, 3.8) is 0 Å². The van der Waals surface area contributed by atoms with Crippen molar-refractivity contribution in [1.82, 2.24) is 0 Å². The Morgan fingerprint density at radius 3 is 2.03 bits per heavy atom. The molecule has 0 aliphatic rings. The number of aromatic hydroxyl groups is 2. The first-order valence-corrected chi connectivity index (χ1v) is 10.9. The molecule has 3 aromatic carbocycles. The van der Waals surface area contributed by atoms with E-state index >= 15 is 0 Å². The largest absolute Gasteiger partial charge is 0.508 e. The molecule has 1 atom stereocenters. The predicted octanol–water partition coefficient (Wildman–Crippen LogP) is 5.89. The van der Waals surface area contributed by atoms with Crippen LogP contribution in [0.4, 0.5) is 0 Å². The lowest BCUT2D eigenvalue weighted by molar-refractivity contribution is 0.439. The van der Waals surface area contributed by atoms with Gasteiger partial charge in [0.15, 0.2) is 10.5 Å². The molecule has 152 valence electrons. The molecule has 29 heavy (non-hydrogen) atoms. The van der Waals surface area contributed by atoms with Crippen LogP contribution in [-0.2, 0) is 14.9 Å². The fourth-order valence-electron chi connectivity index (χ4n) is 3.21. The second kappa shape index (κ2) is 7.87. The molecule has 0 amide bonds. The first-order chi connectivity index (χ1) is 13.5. The first kappa shape index (κ1) is 22.0. The van der Waals surface area contributed by atoms with Crippen LogP contribution in [0.2, 0.25) is 20.1 Å². The highest BCUT2D eigenvalue weighted by molar-refractivity contribution is 7.87. The van der Waals surface area contributed by atoms with Gasteiger partial charge in [-0.05, 0) is 29.8 Å². The summed E-state index contributed by atoms with van der Waals surface area (Å²) in [5.41, 5.74) is -0.601. The zero-order valence-corrected chi connectivity index (χ0v) is 18.1. The van der Waals surface area contributed by atoms with E-state index in [-0.39, 0.29) is 31.8 Å². The average molecular weight is 494 g/mol. The highest BCUT2D eigenvalue weighted by Gasteiger charge is 2.52. The minimum absolute atomic E-state index is 0.0475. The van der Waals surface area contributed by atoms with Gasteiger partial charge in [-0.1, -0.05) is 76.7 Å².